The fourth-order valence-corrected chi connectivity index (χ4v) is 5.87. The van der Waals surface area contributed by atoms with Crippen LogP contribution in [0.2, 0.25) is 0 Å². The second-order valence-corrected chi connectivity index (χ2v) is 9.72. The van der Waals surface area contributed by atoms with E-state index >= 15 is 0 Å². The van der Waals surface area contributed by atoms with Crippen LogP contribution < -0.4 is 0 Å². The lowest BCUT2D eigenvalue weighted by Crippen LogP contribution is -1.94. The molecule has 2 heterocycles. The topological polar surface area (TPSA) is 9.86 Å². The van der Waals surface area contributed by atoms with E-state index in [0.29, 0.717) is 0 Å². The van der Waals surface area contributed by atoms with Crippen molar-refractivity contribution in [2.45, 2.75) is 6.92 Å². The van der Waals surface area contributed by atoms with E-state index in [4.69, 9.17) is 6.42 Å². The minimum absolute atomic E-state index is 1.06. The molecule has 0 N–H and O–H groups in total. The summed E-state index contributed by atoms with van der Waals surface area (Å²) in [5, 5.41) is 4.96. The highest BCUT2D eigenvalue weighted by atomic mass is 15.0. The van der Waals surface area contributed by atoms with Crippen molar-refractivity contribution >= 4 is 49.3 Å². The van der Waals surface area contributed by atoms with Crippen molar-refractivity contribution in [3.63, 3.8) is 0 Å². The molecule has 0 saturated carbocycles. The molecule has 0 bridgehead atoms. The van der Waals surface area contributed by atoms with E-state index in [1.165, 1.54) is 54.9 Å². The van der Waals surface area contributed by atoms with Crippen LogP contribution in [0.3, 0.4) is 0 Å². The van der Waals surface area contributed by atoms with E-state index in [0.717, 1.165) is 11.2 Å². The number of rotatable bonds is 4. The van der Waals surface area contributed by atoms with Crippen LogP contribution in [0.15, 0.2) is 133 Å². The molecular weight excluding hydrogens is 472 g/mol. The Bertz CT molecular complexity index is 2130. The Hall–Kier alpha value is -5.26. The third kappa shape index (κ3) is 3.60. The van der Waals surface area contributed by atoms with Crippen LogP contribution in [-0.4, -0.2) is 9.13 Å². The zero-order valence-electron chi connectivity index (χ0n) is 21.7. The zero-order valence-corrected chi connectivity index (χ0v) is 21.7. The van der Waals surface area contributed by atoms with E-state index in [-0.39, 0.29) is 0 Å². The molecule has 0 atom stereocenters. The minimum Gasteiger partial charge on any atom is -0.310 e. The largest absolute Gasteiger partial charge is 0.310 e. The number of hydrogen-bond acceptors (Lipinski definition) is 0. The Morgan fingerprint density at radius 2 is 1.15 bits per heavy atom. The lowest BCUT2D eigenvalue weighted by atomic mass is 10.0. The summed E-state index contributed by atoms with van der Waals surface area (Å²) < 4.78 is 4.65. The summed E-state index contributed by atoms with van der Waals surface area (Å²) >= 11 is 0. The first kappa shape index (κ1) is 22.9. The number of para-hydroxylation sites is 3. The molecule has 0 fully saturated rings. The van der Waals surface area contributed by atoms with Gasteiger partial charge in [-0.3, -0.25) is 0 Å². The van der Waals surface area contributed by atoms with E-state index in [2.05, 4.69) is 136 Å². The third-order valence-corrected chi connectivity index (χ3v) is 7.60. The van der Waals surface area contributed by atoms with Gasteiger partial charge >= 0.3 is 0 Å². The number of terminal acetylenes is 1. The predicted octanol–water partition coefficient (Wildman–Crippen LogP) is 9.61. The fraction of sp³-hybridized carbons (Fsp3) is 0.0270. The van der Waals surface area contributed by atoms with Crippen LogP contribution in [-0.2, 0) is 0 Å². The average molecular weight is 499 g/mol. The van der Waals surface area contributed by atoms with E-state index in [9.17, 15) is 0 Å². The van der Waals surface area contributed by atoms with Gasteiger partial charge in [0.15, 0.2) is 0 Å². The van der Waals surface area contributed by atoms with Gasteiger partial charge in [-0.2, -0.15) is 0 Å². The molecule has 0 spiro atoms. The lowest BCUT2D eigenvalue weighted by Gasteiger charge is -2.09. The third-order valence-electron chi connectivity index (χ3n) is 7.60. The summed E-state index contributed by atoms with van der Waals surface area (Å²) in [7, 11) is 0. The van der Waals surface area contributed by atoms with Gasteiger partial charge in [-0.05, 0) is 78.7 Å². The molecule has 0 amide bonds. The van der Waals surface area contributed by atoms with E-state index in [1.54, 1.807) is 6.08 Å². The summed E-state index contributed by atoms with van der Waals surface area (Å²) in [5.41, 5.74) is 9.39. The maximum Gasteiger partial charge on any atom is 0.0541 e. The summed E-state index contributed by atoms with van der Waals surface area (Å²) in [6.07, 6.45) is 11.4. The van der Waals surface area contributed by atoms with Crippen molar-refractivity contribution in [2.24, 2.45) is 0 Å². The Morgan fingerprint density at radius 1 is 0.615 bits per heavy atom. The monoisotopic (exact) mass is 498 g/mol. The number of allylic oxidation sites excluding steroid dienone is 4. The van der Waals surface area contributed by atoms with Crippen LogP contribution in [0.1, 0.15) is 6.92 Å². The Balaban J connectivity index is 1.45. The summed E-state index contributed by atoms with van der Waals surface area (Å²) in [6, 6.07) is 41.4. The Kier molecular flexibility index (Phi) is 5.43. The summed E-state index contributed by atoms with van der Waals surface area (Å²) in [4.78, 5) is 0. The van der Waals surface area contributed by atoms with E-state index in [1.807, 2.05) is 13.0 Å². The molecule has 7 aromatic rings. The van der Waals surface area contributed by atoms with Gasteiger partial charge in [0.1, 0.15) is 0 Å². The normalized spacial score (nSPS) is 12.3. The molecule has 5 aromatic carbocycles. The number of aromatic nitrogens is 2. The molecule has 2 aromatic heterocycles. The maximum atomic E-state index is 5.53. The molecule has 184 valence electrons. The van der Waals surface area contributed by atoms with Crippen LogP contribution >= 0.6 is 0 Å². The zero-order chi connectivity index (χ0) is 26.3. The lowest BCUT2D eigenvalue weighted by molar-refractivity contribution is 1.18. The van der Waals surface area contributed by atoms with Gasteiger partial charge in [-0.1, -0.05) is 78.7 Å². The van der Waals surface area contributed by atoms with Gasteiger partial charge in [0.2, 0.25) is 0 Å². The molecule has 0 aliphatic carbocycles. The van der Waals surface area contributed by atoms with Crippen molar-refractivity contribution in [2.75, 3.05) is 0 Å². The molecule has 0 unspecified atom stereocenters. The molecule has 2 heteroatoms. The van der Waals surface area contributed by atoms with Crippen molar-refractivity contribution in [3.05, 3.63) is 133 Å². The van der Waals surface area contributed by atoms with Crippen LogP contribution in [0.25, 0.3) is 66.1 Å². The smallest absolute Gasteiger partial charge is 0.0541 e. The molecule has 0 radical (unpaired) electrons. The number of fused-ring (bicyclic) bond motifs is 6. The average Bonchev–Trinajstić information content (AvgIpc) is 3.50. The van der Waals surface area contributed by atoms with Gasteiger partial charge in [-0.25, -0.2) is 0 Å². The van der Waals surface area contributed by atoms with Crippen LogP contribution in [0, 0.1) is 12.3 Å². The molecule has 0 aliphatic rings. The number of hydrogen-bond donors (Lipinski definition) is 0. The standard InChI is InChI=1S/C37H26N2/c1-3-5-13-28(4-2)38-34-18-11-9-16-30(34)32-24-26(20-22-36(32)38)27-21-23-37-33(25-27)31-17-10-12-19-35(31)39(37)29-14-7-6-8-15-29/h1,4-25H,2H3/b13-5-,28-4+. The predicted molar refractivity (Wildman–Crippen MR) is 167 cm³/mol. The Labute approximate surface area is 227 Å². The quantitative estimate of drug-likeness (QED) is 0.169. The molecule has 0 aliphatic heterocycles. The maximum absolute atomic E-state index is 5.53. The molecule has 7 rings (SSSR count). The summed E-state index contributed by atoms with van der Waals surface area (Å²) in [5.74, 6) is 2.62. The van der Waals surface area contributed by atoms with Crippen molar-refractivity contribution in [1.82, 2.24) is 9.13 Å². The molecular formula is C37H26N2. The highest BCUT2D eigenvalue weighted by Crippen LogP contribution is 2.38. The Morgan fingerprint density at radius 3 is 1.85 bits per heavy atom. The fourth-order valence-electron chi connectivity index (χ4n) is 5.87. The van der Waals surface area contributed by atoms with E-state index < -0.39 is 0 Å². The minimum atomic E-state index is 1.06. The first-order valence-corrected chi connectivity index (χ1v) is 13.2. The molecule has 0 saturated heterocycles. The highest BCUT2D eigenvalue weighted by molar-refractivity contribution is 6.13. The second kappa shape index (κ2) is 9.24. The van der Waals surface area contributed by atoms with Crippen molar-refractivity contribution < 1.29 is 0 Å². The van der Waals surface area contributed by atoms with Crippen LogP contribution in [0.5, 0.6) is 0 Å². The first-order valence-electron chi connectivity index (χ1n) is 13.2. The van der Waals surface area contributed by atoms with Gasteiger partial charge in [0.05, 0.1) is 22.1 Å². The van der Waals surface area contributed by atoms with Crippen molar-refractivity contribution in [3.8, 4) is 29.2 Å². The molecule has 39 heavy (non-hydrogen) atoms. The number of nitrogens with zero attached hydrogens (tertiary/aromatic N) is 2. The number of benzene rings is 5. The summed E-state index contributed by atoms with van der Waals surface area (Å²) in [6.45, 7) is 2.05. The van der Waals surface area contributed by atoms with Gasteiger partial charge in [0, 0.05) is 32.9 Å². The molecule has 2 nitrogen and oxygen atoms in total. The first-order chi connectivity index (χ1) is 19.3. The SMILES string of the molecule is C#C/C=C\C(=C/C)n1c2ccccc2c2cc(-c3ccc4c(c3)c3ccccc3n4-c3ccccc3)ccc21. The van der Waals surface area contributed by atoms with Crippen molar-refractivity contribution in [1.29, 1.82) is 0 Å². The van der Waals surface area contributed by atoms with Gasteiger partial charge < -0.3 is 9.13 Å². The van der Waals surface area contributed by atoms with Gasteiger partial charge in [-0.15, -0.1) is 6.42 Å². The van der Waals surface area contributed by atoms with Crippen LogP contribution in [0.4, 0.5) is 0 Å². The highest BCUT2D eigenvalue weighted by Gasteiger charge is 2.15. The van der Waals surface area contributed by atoms with Gasteiger partial charge in [0.25, 0.3) is 0 Å². The second-order valence-electron chi connectivity index (χ2n) is 9.72.